The van der Waals surface area contributed by atoms with E-state index < -0.39 is 0 Å². The van der Waals surface area contributed by atoms with Gasteiger partial charge in [-0.05, 0) is 55.2 Å². The highest BCUT2D eigenvalue weighted by Crippen LogP contribution is 2.19. The van der Waals surface area contributed by atoms with Gasteiger partial charge in [0.05, 0.1) is 0 Å². The van der Waals surface area contributed by atoms with E-state index in [0.717, 1.165) is 22.9 Å². The summed E-state index contributed by atoms with van der Waals surface area (Å²) < 4.78 is 13.9. The zero-order chi connectivity index (χ0) is 13.9. The summed E-state index contributed by atoms with van der Waals surface area (Å²) in [5, 5.41) is 0. The number of hydrogen-bond acceptors (Lipinski definition) is 1. The lowest BCUT2D eigenvalue weighted by molar-refractivity contribution is 0.462. The molecule has 100 valence electrons. The molecule has 0 aliphatic rings. The molecule has 2 rings (SSSR count). The van der Waals surface area contributed by atoms with Gasteiger partial charge in [0.15, 0.2) is 0 Å². The third kappa shape index (κ3) is 4.44. The van der Waals surface area contributed by atoms with Gasteiger partial charge in [-0.15, -0.1) is 0 Å². The van der Waals surface area contributed by atoms with Gasteiger partial charge in [-0.2, -0.15) is 0 Å². The summed E-state index contributed by atoms with van der Waals surface area (Å²) in [6, 6.07) is 14.7. The van der Waals surface area contributed by atoms with Crippen LogP contribution in [0, 0.1) is 5.82 Å². The Balaban J connectivity index is 2.07. The molecule has 0 saturated carbocycles. The van der Waals surface area contributed by atoms with Crippen molar-refractivity contribution < 1.29 is 4.39 Å². The Labute approximate surface area is 121 Å². The first kappa shape index (κ1) is 14.2. The van der Waals surface area contributed by atoms with E-state index in [9.17, 15) is 4.39 Å². The third-order valence-corrected chi connectivity index (χ3v) is 3.51. The maximum absolute atomic E-state index is 12.9. The second-order valence-electron chi connectivity index (χ2n) is 5.26. The van der Waals surface area contributed by atoms with E-state index in [2.05, 4.69) is 28.1 Å². The van der Waals surface area contributed by atoms with Crippen LogP contribution in [0.3, 0.4) is 0 Å². The Morgan fingerprint density at radius 2 is 1.68 bits per heavy atom. The van der Waals surface area contributed by atoms with Crippen LogP contribution in [0.25, 0.3) is 0 Å². The molecule has 0 fully saturated rings. The smallest absolute Gasteiger partial charge is 0.123 e. The molecule has 2 aromatic carbocycles. The van der Waals surface area contributed by atoms with E-state index in [1.807, 2.05) is 19.1 Å². The van der Waals surface area contributed by atoms with Crippen molar-refractivity contribution in [1.29, 1.82) is 0 Å². The molecular formula is C16H17BrFN. The molecule has 19 heavy (non-hydrogen) atoms. The molecular weight excluding hydrogens is 305 g/mol. The maximum atomic E-state index is 12.9. The van der Waals surface area contributed by atoms with Crippen molar-refractivity contribution in [3.63, 3.8) is 0 Å². The van der Waals surface area contributed by atoms with Crippen LogP contribution in [0.4, 0.5) is 4.39 Å². The van der Waals surface area contributed by atoms with Gasteiger partial charge in [0, 0.05) is 10.0 Å². The number of nitrogens with two attached hydrogens (primary N) is 1. The molecule has 2 aromatic rings. The quantitative estimate of drug-likeness (QED) is 0.901. The van der Waals surface area contributed by atoms with Crippen molar-refractivity contribution in [2.45, 2.75) is 25.3 Å². The van der Waals surface area contributed by atoms with E-state index in [-0.39, 0.29) is 11.4 Å². The number of rotatable bonds is 4. The molecule has 0 aliphatic carbocycles. The lowest BCUT2D eigenvalue weighted by atomic mass is 9.87. The van der Waals surface area contributed by atoms with Crippen molar-refractivity contribution in [3.05, 3.63) is 69.9 Å². The fourth-order valence-corrected chi connectivity index (χ4v) is 2.69. The molecule has 1 unspecified atom stereocenters. The van der Waals surface area contributed by atoms with Gasteiger partial charge in [0.2, 0.25) is 0 Å². The molecule has 0 spiro atoms. The summed E-state index contributed by atoms with van der Waals surface area (Å²) in [7, 11) is 0. The average molecular weight is 322 g/mol. The minimum atomic E-state index is -0.349. The molecule has 2 N–H and O–H groups in total. The van der Waals surface area contributed by atoms with Crippen LogP contribution in [0.5, 0.6) is 0 Å². The molecule has 0 amide bonds. The Kier molecular flexibility index (Phi) is 4.38. The predicted molar refractivity (Wildman–Crippen MR) is 80.5 cm³/mol. The van der Waals surface area contributed by atoms with Crippen LogP contribution in [-0.2, 0) is 12.8 Å². The van der Waals surface area contributed by atoms with Gasteiger partial charge in [0.1, 0.15) is 5.82 Å². The highest BCUT2D eigenvalue weighted by Gasteiger charge is 2.19. The van der Waals surface area contributed by atoms with E-state index >= 15 is 0 Å². The summed E-state index contributed by atoms with van der Waals surface area (Å²) in [4.78, 5) is 0. The molecule has 1 atom stereocenters. The van der Waals surface area contributed by atoms with E-state index in [1.54, 1.807) is 12.1 Å². The second kappa shape index (κ2) is 5.85. The minimum Gasteiger partial charge on any atom is -0.325 e. The van der Waals surface area contributed by atoms with Crippen LogP contribution < -0.4 is 5.73 Å². The van der Waals surface area contributed by atoms with Crippen LogP contribution >= 0.6 is 15.9 Å². The standard InChI is InChI=1S/C16H17BrFN/c1-16(19,10-12-5-7-15(18)8-6-12)11-13-3-2-4-14(17)9-13/h2-9H,10-11,19H2,1H3. The van der Waals surface area contributed by atoms with Crippen LogP contribution in [0.15, 0.2) is 53.0 Å². The van der Waals surface area contributed by atoms with E-state index in [4.69, 9.17) is 5.73 Å². The first-order valence-electron chi connectivity index (χ1n) is 6.22. The molecule has 0 saturated heterocycles. The summed E-state index contributed by atoms with van der Waals surface area (Å²) in [6.07, 6.45) is 1.50. The highest BCUT2D eigenvalue weighted by atomic mass is 79.9. The van der Waals surface area contributed by atoms with Crippen molar-refractivity contribution in [2.75, 3.05) is 0 Å². The van der Waals surface area contributed by atoms with E-state index in [1.165, 1.54) is 17.7 Å². The molecule has 0 aliphatic heterocycles. The summed E-state index contributed by atoms with van der Waals surface area (Å²) >= 11 is 3.46. The highest BCUT2D eigenvalue weighted by molar-refractivity contribution is 9.10. The number of halogens is 2. The molecule has 3 heteroatoms. The van der Waals surface area contributed by atoms with Gasteiger partial charge >= 0.3 is 0 Å². The summed E-state index contributed by atoms with van der Waals surface area (Å²) in [6.45, 7) is 2.03. The van der Waals surface area contributed by atoms with Gasteiger partial charge in [-0.1, -0.05) is 40.2 Å². The Morgan fingerprint density at radius 3 is 2.32 bits per heavy atom. The molecule has 0 radical (unpaired) electrons. The van der Waals surface area contributed by atoms with Gasteiger partial charge in [-0.25, -0.2) is 4.39 Å². The normalized spacial score (nSPS) is 14.1. The fourth-order valence-electron chi connectivity index (χ4n) is 2.24. The predicted octanol–water partition coefficient (Wildman–Crippen LogP) is 4.09. The zero-order valence-electron chi connectivity index (χ0n) is 10.9. The largest absolute Gasteiger partial charge is 0.325 e. The molecule has 0 aromatic heterocycles. The van der Waals surface area contributed by atoms with Crippen molar-refractivity contribution in [1.82, 2.24) is 0 Å². The maximum Gasteiger partial charge on any atom is 0.123 e. The van der Waals surface area contributed by atoms with Crippen LogP contribution in [0.1, 0.15) is 18.1 Å². The number of hydrogen-bond donors (Lipinski definition) is 1. The Hall–Kier alpha value is -1.19. The minimum absolute atomic E-state index is 0.213. The summed E-state index contributed by atoms with van der Waals surface area (Å²) in [5.74, 6) is -0.213. The van der Waals surface area contributed by atoms with Gasteiger partial charge < -0.3 is 5.73 Å². The zero-order valence-corrected chi connectivity index (χ0v) is 12.5. The van der Waals surface area contributed by atoms with Gasteiger partial charge in [-0.3, -0.25) is 0 Å². The first-order chi connectivity index (χ1) is 8.94. The van der Waals surface area contributed by atoms with Crippen molar-refractivity contribution in [2.24, 2.45) is 5.73 Å². The monoisotopic (exact) mass is 321 g/mol. The third-order valence-electron chi connectivity index (χ3n) is 3.02. The molecule has 0 heterocycles. The van der Waals surface area contributed by atoms with E-state index in [0.29, 0.717) is 0 Å². The fraction of sp³-hybridized carbons (Fsp3) is 0.250. The SMILES string of the molecule is CC(N)(Cc1ccc(F)cc1)Cc1cccc(Br)c1. The summed E-state index contributed by atoms with van der Waals surface area (Å²) in [5.41, 5.74) is 8.26. The van der Waals surface area contributed by atoms with Crippen molar-refractivity contribution >= 4 is 15.9 Å². The topological polar surface area (TPSA) is 26.0 Å². The second-order valence-corrected chi connectivity index (χ2v) is 6.18. The Bertz CT molecular complexity index is 549. The Morgan fingerprint density at radius 1 is 1.05 bits per heavy atom. The number of benzene rings is 2. The van der Waals surface area contributed by atoms with Crippen LogP contribution in [0.2, 0.25) is 0 Å². The lowest BCUT2D eigenvalue weighted by Crippen LogP contribution is -2.40. The molecule has 1 nitrogen and oxygen atoms in total. The molecule has 0 bridgehead atoms. The average Bonchev–Trinajstić information content (AvgIpc) is 2.31. The first-order valence-corrected chi connectivity index (χ1v) is 7.02. The lowest BCUT2D eigenvalue weighted by Gasteiger charge is -2.25. The van der Waals surface area contributed by atoms with Crippen molar-refractivity contribution in [3.8, 4) is 0 Å². The van der Waals surface area contributed by atoms with Crippen LogP contribution in [-0.4, -0.2) is 5.54 Å². The van der Waals surface area contributed by atoms with Gasteiger partial charge in [0.25, 0.3) is 0 Å².